The summed E-state index contributed by atoms with van der Waals surface area (Å²) >= 11 is 0. The second-order valence-corrected chi connectivity index (χ2v) is 14.1. The van der Waals surface area contributed by atoms with E-state index in [0.29, 0.717) is 49.5 Å². The van der Waals surface area contributed by atoms with Gasteiger partial charge < -0.3 is 50.5 Å². The highest BCUT2D eigenvalue weighted by molar-refractivity contribution is 5.93. The van der Waals surface area contributed by atoms with Gasteiger partial charge in [-0.15, -0.1) is 0 Å². The quantitative estimate of drug-likeness (QED) is 0.0620. The molecule has 0 spiro atoms. The number of fused-ring (bicyclic) bond motifs is 5. The van der Waals surface area contributed by atoms with Crippen molar-refractivity contribution in [3.8, 4) is 17.1 Å². The van der Waals surface area contributed by atoms with Crippen LogP contribution in [0.25, 0.3) is 22.3 Å². The number of aryl methyl sites for hydroxylation is 1. The van der Waals surface area contributed by atoms with Crippen molar-refractivity contribution < 1.29 is 48.1 Å². The van der Waals surface area contributed by atoms with Gasteiger partial charge in [-0.3, -0.25) is 24.0 Å². The average Bonchev–Trinajstić information content (AvgIpc) is 3.57. The van der Waals surface area contributed by atoms with Crippen LogP contribution in [0, 0.1) is 0 Å². The van der Waals surface area contributed by atoms with Crippen LogP contribution in [0.3, 0.4) is 0 Å². The van der Waals surface area contributed by atoms with Crippen molar-refractivity contribution in [2.45, 2.75) is 97.6 Å². The van der Waals surface area contributed by atoms with E-state index in [1.54, 1.807) is 29.7 Å². The minimum absolute atomic E-state index is 0.0494. The molecular weight excluding hydrogens is 754 g/mol. The summed E-state index contributed by atoms with van der Waals surface area (Å²) in [7, 11) is 0. The molecular formula is C40H51N7O11. The smallest absolute Gasteiger partial charge is 0.408 e. The molecule has 6 N–H and O–H groups in total. The molecule has 3 atom stereocenters. The molecule has 0 saturated carbocycles. The van der Waals surface area contributed by atoms with E-state index in [-0.39, 0.29) is 68.3 Å². The Balaban J connectivity index is 1.14. The van der Waals surface area contributed by atoms with Crippen molar-refractivity contribution in [3.05, 3.63) is 56.9 Å². The fraction of sp³-hybridized carbons (Fsp3) is 0.500. The molecule has 2 aliphatic rings. The number of aromatic nitrogens is 2. The van der Waals surface area contributed by atoms with Crippen LogP contribution in [0.1, 0.15) is 82.6 Å². The molecule has 2 aromatic heterocycles. The molecule has 3 unspecified atom stereocenters. The van der Waals surface area contributed by atoms with Gasteiger partial charge in [-0.05, 0) is 69.9 Å². The third-order valence-electron chi connectivity index (χ3n) is 10.2. The van der Waals surface area contributed by atoms with E-state index in [4.69, 9.17) is 19.2 Å². The number of phenolic OH excluding ortho intramolecular Hbond substituents is 1. The van der Waals surface area contributed by atoms with Crippen LogP contribution in [0.5, 0.6) is 5.75 Å². The average molecular weight is 806 g/mol. The van der Waals surface area contributed by atoms with E-state index in [1.165, 1.54) is 19.9 Å². The zero-order chi connectivity index (χ0) is 42.1. The fourth-order valence-corrected chi connectivity index (χ4v) is 7.05. The summed E-state index contributed by atoms with van der Waals surface area (Å²) in [5.74, 6) is -2.73. The third kappa shape index (κ3) is 9.39. The Hall–Kier alpha value is -6.04. The van der Waals surface area contributed by atoms with Gasteiger partial charge in [0.05, 0.1) is 29.0 Å². The summed E-state index contributed by atoms with van der Waals surface area (Å²) in [4.78, 5) is 94.9. The first-order chi connectivity index (χ1) is 27.7. The number of aromatic hydroxyl groups is 1. The van der Waals surface area contributed by atoms with Crippen molar-refractivity contribution in [3.63, 3.8) is 0 Å². The third-order valence-corrected chi connectivity index (χ3v) is 10.2. The number of hydrogen-bond acceptors (Lipinski definition) is 12. The lowest BCUT2D eigenvalue weighted by Crippen LogP contribution is -2.52. The highest BCUT2D eigenvalue weighted by atomic mass is 16.6. The van der Waals surface area contributed by atoms with Crippen molar-refractivity contribution >= 4 is 46.6 Å². The first kappa shape index (κ1) is 43.1. The molecule has 0 saturated heterocycles. The first-order valence-electron chi connectivity index (χ1n) is 19.5. The van der Waals surface area contributed by atoms with E-state index < -0.39 is 53.0 Å². The lowest BCUT2D eigenvalue weighted by molar-refractivity contribution is -0.172. The number of hydrogen-bond donors (Lipinski definition) is 6. The summed E-state index contributed by atoms with van der Waals surface area (Å²) < 4.78 is 18.0. The van der Waals surface area contributed by atoms with Gasteiger partial charge in [0.15, 0.2) is 0 Å². The SMILES string of the molecule is CCOCCCNC(=O)CCC(=O)NC(C)C(=O)NC(C)C(=O)NCCNC(=O)OC1(CC)C(=O)OCc2c1cc1n(c2=O)Cc2c-1nc1ccc(O)cc1c2CC. The standard InChI is InChI=1S/C40H51N7O11/c1-6-25-26-18-24(48)10-11-30(26)46-34-27(25)20-47-31(34)19-29-28(37(47)53)21-57-38(54)40(29,7-2)58-39(55)43-16-15-42-35(51)22(4)45-36(52)23(5)44-33(50)13-12-32(49)41-14-9-17-56-8-3/h10-11,18-19,22-23,48H,6-9,12-17,20-21H2,1-5H3,(H,41,49)(H,42,51)(H,43,55)(H,44,50)(H,45,52). The number of carbonyl (C=O) groups is 6. The Labute approximate surface area is 334 Å². The Morgan fingerprint density at radius 1 is 0.914 bits per heavy atom. The summed E-state index contributed by atoms with van der Waals surface area (Å²) in [5, 5.41) is 23.7. The molecule has 4 heterocycles. The Bertz CT molecular complexity index is 2150. The number of carbonyl (C=O) groups excluding carboxylic acids is 6. The normalized spacial score (nSPS) is 16.2. The van der Waals surface area contributed by atoms with Crippen molar-refractivity contribution in [1.82, 2.24) is 36.1 Å². The lowest BCUT2D eigenvalue weighted by Gasteiger charge is -2.35. The van der Waals surface area contributed by atoms with Gasteiger partial charge in [0.1, 0.15) is 24.4 Å². The molecule has 1 aromatic carbocycles. The predicted molar refractivity (Wildman–Crippen MR) is 209 cm³/mol. The fourth-order valence-electron chi connectivity index (χ4n) is 7.05. The number of amides is 5. The van der Waals surface area contributed by atoms with Crippen molar-refractivity contribution in [2.24, 2.45) is 0 Å². The van der Waals surface area contributed by atoms with Crippen LogP contribution >= 0.6 is 0 Å². The van der Waals surface area contributed by atoms with Crippen molar-refractivity contribution in [2.75, 3.05) is 32.8 Å². The number of benzene rings is 1. The maximum Gasteiger partial charge on any atom is 0.408 e. The van der Waals surface area contributed by atoms with Gasteiger partial charge >= 0.3 is 12.1 Å². The van der Waals surface area contributed by atoms with Crippen LogP contribution in [0.4, 0.5) is 4.79 Å². The van der Waals surface area contributed by atoms with E-state index in [0.717, 1.165) is 16.5 Å². The van der Waals surface area contributed by atoms with E-state index in [9.17, 15) is 38.7 Å². The predicted octanol–water partition coefficient (Wildman–Crippen LogP) is 1.53. The Kier molecular flexibility index (Phi) is 14.1. The van der Waals surface area contributed by atoms with Gasteiger partial charge in [0, 0.05) is 62.2 Å². The van der Waals surface area contributed by atoms with E-state index in [2.05, 4.69) is 26.6 Å². The maximum absolute atomic E-state index is 13.9. The van der Waals surface area contributed by atoms with Gasteiger partial charge in [0.25, 0.3) is 5.56 Å². The monoisotopic (exact) mass is 805 g/mol. The zero-order valence-electron chi connectivity index (χ0n) is 33.4. The van der Waals surface area contributed by atoms with Crippen LogP contribution in [0.15, 0.2) is 29.1 Å². The van der Waals surface area contributed by atoms with Gasteiger partial charge in [-0.2, -0.15) is 0 Å². The second-order valence-electron chi connectivity index (χ2n) is 14.1. The maximum atomic E-state index is 13.9. The highest BCUT2D eigenvalue weighted by Gasteiger charge is 2.50. The summed E-state index contributed by atoms with van der Waals surface area (Å²) in [6.45, 7) is 9.65. The number of esters is 1. The number of nitrogens with zero attached hydrogens (tertiary/aromatic N) is 2. The molecule has 5 rings (SSSR count). The topological polar surface area (TPSA) is 245 Å². The van der Waals surface area contributed by atoms with Crippen LogP contribution < -0.4 is 32.1 Å². The lowest BCUT2D eigenvalue weighted by atomic mass is 9.85. The number of nitrogens with one attached hydrogen (secondary N) is 5. The van der Waals surface area contributed by atoms with Crippen LogP contribution in [-0.4, -0.2) is 95.3 Å². The Morgan fingerprint density at radius 2 is 1.64 bits per heavy atom. The highest BCUT2D eigenvalue weighted by Crippen LogP contribution is 2.42. The molecule has 2 aliphatic heterocycles. The molecule has 0 radical (unpaired) electrons. The van der Waals surface area contributed by atoms with E-state index >= 15 is 0 Å². The molecule has 0 bridgehead atoms. The van der Waals surface area contributed by atoms with E-state index in [1.807, 2.05) is 13.8 Å². The number of ether oxygens (including phenoxy) is 3. The Morgan fingerprint density at radius 3 is 2.36 bits per heavy atom. The summed E-state index contributed by atoms with van der Waals surface area (Å²) in [6.07, 6.45) is 0.0498. The van der Waals surface area contributed by atoms with Crippen molar-refractivity contribution in [1.29, 1.82) is 0 Å². The first-order valence-corrected chi connectivity index (χ1v) is 19.5. The summed E-state index contributed by atoms with van der Waals surface area (Å²) in [6, 6.07) is 4.56. The minimum Gasteiger partial charge on any atom is -0.508 e. The second kappa shape index (κ2) is 18.9. The molecule has 18 nitrogen and oxygen atoms in total. The van der Waals surface area contributed by atoms with Crippen LogP contribution in [0.2, 0.25) is 0 Å². The number of pyridine rings is 2. The van der Waals surface area contributed by atoms with Gasteiger partial charge in [0.2, 0.25) is 29.2 Å². The summed E-state index contributed by atoms with van der Waals surface area (Å²) in [5.41, 5.74) is 1.44. The molecule has 0 fully saturated rings. The van der Waals surface area contributed by atoms with Gasteiger partial charge in [-0.1, -0.05) is 13.8 Å². The molecule has 312 valence electrons. The number of phenols is 1. The number of rotatable bonds is 18. The van der Waals surface area contributed by atoms with Gasteiger partial charge in [-0.25, -0.2) is 14.6 Å². The number of alkyl carbamates (subject to hydrolysis) is 1. The number of cyclic esters (lactones) is 1. The molecule has 18 heteroatoms. The molecule has 0 aliphatic carbocycles. The van der Waals surface area contributed by atoms with Crippen LogP contribution in [-0.2, 0) is 63.4 Å². The molecule has 5 amide bonds. The zero-order valence-corrected chi connectivity index (χ0v) is 33.4. The molecule has 58 heavy (non-hydrogen) atoms. The minimum atomic E-state index is -1.95. The molecule has 3 aromatic rings. The largest absolute Gasteiger partial charge is 0.508 e.